The average molecular weight is 225 g/mol. The summed E-state index contributed by atoms with van der Waals surface area (Å²) in [5.74, 6) is 1.77. The Morgan fingerprint density at radius 2 is 1.25 bits per heavy atom. The Balaban J connectivity index is 3.23. The van der Waals surface area contributed by atoms with E-state index in [0.717, 1.165) is 18.3 Å². The van der Waals surface area contributed by atoms with E-state index < -0.39 is 0 Å². The van der Waals surface area contributed by atoms with Crippen LogP contribution in [0.3, 0.4) is 0 Å². The summed E-state index contributed by atoms with van der Waals surface area (Å²) >= 11 is 0. The lowest BCUT2D eigenvalue weighted by atomic mass is 9.87. The van der Waals surface area contributed by atoms with Crippen LogP contribution in [0.2, 0.25) is 0 Å². The van der Waals surface area contributed by atoms with Gasteiger partial charge in [-0.3, -0.25) is 0 Å². The highest BCUT2D eigenvalue weighted by molar-refractivity contribution is 4.63. The van der Waals surface area contributed by atoms with Gasteiger partial charge < -0.3 is 0 Å². The molecule has 2 unspecified atom stereocenters. The molecule has 0 saturated heterocycles. The van der Waals surface area contributed by atoms with Gasteiger partial charge in [-0.25, -0.2) is 0 Å². The summed E-state index contributed by atoms with van der Waals surface area (Å²) in [5, 5.41) is 0. The van der Waals surface area contributed by atoms with E-state index in [0.29, 0.717) is 0 Å². The highest BCUT2D eigenvalue weighted by atomic mass is 14.2. The Kier molecular flexibility index (Phi) is 11.5. The van der Waals surface area contributed by atoms with E-state index in [2.05, 4.69) is 27.7 Å². The molecule has 0 aliphatic heterocycles. The molecule has 0 spiro atoms. The lowest BCUT2D eigenvalue weighted by Crippen LogP contribution is -2.07. The van der Waals surface area contributed by atoms with E-state index in [1.165, 1.54) is 57.8 Å². The zero-order valence-corrected chi connectivity index (χ0v) is 11.9. The molecule has 0 aromatic heterocycles. The van der Waals surface area contributed by atoms with E-state index in [1.807, 2.05) is 0 Å². The molecule has 0 heteroatoms. The fourth-order valence-electron chi connectivity index (χ4n) is 2.31. The summed E-state index contributed by atoms with van der Waals surface area (Å²) in [5.41, 5.74) is 0. The van der Waals surface area contributed by atoms with Crippen molar-refractivity contribution in [2.45, 2.75) is 85.0 Å². The molecule has 2 atom stereocenters. The topological polar surface area (TPSA) is 0 Å². The van der Waals surface area contributed by atoms with Gasteiger partial charge in [0.25, 0.3) is 0 Å². The fourth-order valence-corrected chi connectivity index (χ4v) is 2.31. The van der Waals surface area contributed by atoms with Gasteiger partial charge in [-0.15, -0.1) is 0 Å². The third-order valence-electron chi connectivity index (χ3n) is 3.89. The minimum absolute atomic E-state index is 0.873. The number of unbranched alkanes of at least 4 members (excludes halogenated alkanes) is 6. The molecule has 1 radical (unpaired) electrons. The molecule has 0 saturated carbocycles. The monoisotopic (exact) mass is 225 g/mol. The molecule has 0 aromatic rings. The predicted molar refractivity (Wildman–Crippen MR) is 75.5 cm³/mol. The van der Waals surface area contributed by atoms with E-state index in [1.54, 1.807) is 0 Å². The van der Waals surface area contributed by atoms with Gasteiger partial charge in [-0.1, -0.05) is 91.9 Å². The molecule has 0 heterocycles. The van der Waals surface area contributed by atoms with Gasteiger partial charge >= 0.3 is 0 Å². The van der Waals surface area contributed by atoms with Crippen molar-refractivity contribution in [2.24, 2.45) is 11.8 Å². The quantitative estimate of drug-likeness (QED) is 0.377. The second-order valence-corrected chi connectivity index (χ2v) is 5.51. The van der Waals surface area contributed by atoms with Crippen LogP contribution in [0.4, 0.5) is 0 Å². The third kappa shape index (κ3) is 9.24. The van der Waals surface area contributed by atoms with Crippen molar-refractivity contribution in [1.82, 2.24) is 0 Å². The van der Waals surface area contributed by atoms with Crippen LogP contribution in [0.5, 0.6) is 0 Å². The molecule has 0 amide bonds. The molecule has 0 bridgehead atoms. The molecule has 0 aliphatic carbocycles. The smallest absolute Gasteiger partial charge is 0.0417 e. The first kappa shape index (κ1) is 16.0. The Hall–Kier alpha value is 0. The largest absolute Gasteiger partial charge is 0.0654 e. The van der Waals surface area contributed by atoms with Crippen LogP contribution in [0.1, 0.15) is 85.0 Å². The zero-order valence-electron chi connectivity index (χ0n) is 11.9. The molecule has 0 aromatic carbocycles. The van der Waals surface area contributed by atoms with Crippen LogP contribution in [0.15, 0.2) is 0 Å². The first-order valence-electron chi connectivity index (χ1n) is 7.51. The zero-order chi connectivity index (χ0) is 12.2. The highest BCUT2D eigenvalue weighted by Crippen LogP contribution is 2.22. The second kappa shape index (κ2) is 11.5. The van der Waals surface area contributed by atoms with E-state index in [4.69, 9.17) is 0 Å². The first-order chi connectivity index (χ1) is 7.72. The molecule has 0 nitrogen and oxygen atoms in total. The van der Waals surface area contributed by atoms with Crippen molar-refractivity contribution in [1.29, 1.82) is 0 Å². The van der Waals surface area contributed by atoms with Gasteiger partial charge in [-0.2, -0.15) is 0 Å². The maximum absolute atomic E-state index is 3.95. The first-order valence-corrected chi connectivity index (χ1v) is 7.51. The van der Waals surface area contributed by atoms with Crippen LogP contribution in [0.25, 0.3) is 0 Å². The summed E-state index contributed by atoms with van der Waals surface area (Å²) in [6.45, 7) is 11.0. The Morgan fingerprint density at radius 1 is 0.750 bits per heavy atom. The van der Waals surface area contributed by atoms with Crippen molar-refractivity contribution < 1.29 is 0 Å². The number of rotatable bonds is 11. The van der Waals surface area contributed by atoms with Gasteiger partial charge in [0.1, 0.15) is 0 Å². The molecule has 0 rings (SSSR count). The van der Waals surface area contributed by atoms with Gasteiger partial charge in [-0.05, 0) is 11.8 Å². The van der Waals surface area contributed by atoms with E-state index >= 15 is 0 Å². The van der Waals surface area contributed by atoms with Gasteiger partial charge in [0.2, 0.25) is 0 Å². The van der Waals surface area contributed by atoms with Crippen LogP contribution < -0.4 is 0 Å². The molecular formula is C16H33. The summed E-state index contributed by atoms with van der Waals surface area (Å²) in [6.07, 6.45) is 13.9. The lowest BCUT2D eigenvalue weighted by Gasteiger charge is -2.18. The molecule has 16 heavy (non-hydrogen) atoms. The van der Waals surface area contributed by atoms with Crippen molar-refractivity contribution >= 4 is 0 Å². The standard InChI is InChI=1S/C16H33/c1-5-7-8-9-10-11-12-14-16(4)15(3)13-6-2/h15-16H,2,5-14H2,1,3-4H3. The Labute approximate surface area is 104 Å². The lowest BCUT2D eigenvalue weighted by molar-refractivity contribution is 0.334. The van der Waals surface area contributed by atoms with Crippen molar-refractivity contribution in [2.75, 3.05) is 0 Å². The minimum Gasteiger partial charge on any atom is -0.0654 e. The fraction of sp³-hybridized carbons (Fsp3) is 0.938. The van der Waals surface area contributed by atoms with Crippen molar-refractivity contribution in [3.63, 3.8) is 0 Å². The number of hydrogen-bond acceptors (Lipinski definition) is 0. The molecule has 0 aliphatic rings. The van der Waals surface area contributed by atoms with Gasteiger partial charge in [0, 0.05) is 0 Å². The summed E-state index contributed by atoms with van der Waals surface area (Å²) in [4.78, 5) is 0. The Bertz CT molecular complexity index is 128. The van der Waals surface area contributed by atoms with Crippen LogP contribution in [0, 0.1) is 18.8 Å². The molecule has 0 N–H and O–H groups in total. The summed E-state index contributed by atoms with van der Waals surface area (Å²) < 4.78 is 0. The second-order valence-electron chi connectivity index (χ2n) is 5.51. The van der Waals surface area contributed by atoms with Crippen LogP contribution in [-0.4, -0.2) is 0 Å². The highest BCUT2D eigenvalue weighted by Gasteiger charge is 2.10. The minimum atomic E-state index is 0.873. The average Bonchev–Trinajstić information content (AvgIpc) is 2.28. The molecular weight excluding hydrogens is 192 g/mol. The summed E-state index contributed by atoms with van der Waals surface area (Å²) in [7, 11) is 0. The third-order valence-corrected chi connectivity index (χ3v) is 3.89. The van der Waals surface area contributed by atoms with Gasteiger partial charge in [0.05, 0.1) is 0 Å². The van der Waals surface area contributed by atoms with Crippen LogP contribution in [-0.2, 0) is 0 Å². The van der Waals surface area contributed by atoms with Crippen molar-refractivity contribution in [3.8, 4) is 0 Å². The van der Waals surface area contributed by atoms with E-state index in [-0.39, 0.29) is 0 Å². The maximum Gasteiger partial charge on any atom is -0.0417 e. The number of hydrogen-bond donors (Lipinski definition) is 0. The van der Waals surface area contributed by atoms with Gasteiger partial charge in [0.15, 0.2) is 0 Å². The molecule has 97 valence electrons. The van der Waals surface area contributed by atoms with Crippen LogP contribution >= 0.6 is 0 Å². The Morgan fingerprint density at radius 3 is 1.81 bits per heavy atom. The predicted octanol–water partition coefficient (Wildman–Crippen LogP) is 6.01. The molecule has 0 fully saturated rings. The van der Waals surface area contributed by atoms with E-state index in [9.17, 15) is 0 Å². The SMILES string of the molecule is [CH2]CCC(C)C(C)CCCCCCCCC. The normalized spacial score (nSPS) is 15.0. The van der Waals surface area contributed by atoms with Crippen molar-refractivity contribution in [3.05, 3.63) is 6.92 Å². The summed E-state index contributed by atoms with van der Waals surface area (Å²) in [6, 6.07) is 0. The maximum atomic E-state index is 3.95.